The number of carbonyl (C=O) groups is 2. The maximum absolute atomic E-state index is 8.25. The fraction of sp³-hybridized carbons (Fsp3) is 0.500. The van der Waals surface area contributed by atoms with E-state index in [4.69, 9.17) is 19.8 Å². The van der Waals surface area contributed by atoms with Gasteiger partial charge in [0.05, 0.1) is 0 Å². The van der Waals surface area contributed by atoms with Crippen LogP contribution < -0.4 is 10.2 Å². The van der Waals surface area contributed by atoms with E-state index < -0.39 is 12.9 Å². The molecule has 9 heavy (non-hydrogen) atoms. The van der Waals surface area contributed by atoms with Crippen LogP contribution in [0.3, 0.4) is 0 Å². The summed E-state index contributed by atoms with van der Waals surface area (Å²) in [6.07, 6.45) is 0. The van der Waals surface area contributed by atoms with Crippen LogP contribution in [-0.2, 0) is 9.59 Å². The van der Waals surface area contributed by atoms with Gasteiger partial charge in [0.1, 0.15) is 0 Å². The third-order valence-corrected chi connectivity index (χ3v) is 0. The summed E-state index contributed by atoms with van der Waals surface area (Å²) in [6.45, 7) is -1.00. The molecule has 0 heterocycles. The normalized spacial score (nSPS) is 2.67. The van der Waals surface area contributed by atoms with E-state index in [0.29, 0.717) is 0 Å². The molecule has 0 unspecified atom stereocenters. The first-order valence-corrected chi connectivity index (χ1v) is 0.943. The number of hydrogen-bond donors (Lipinski definition) is 0. The van der Waals surface area contributed by atoms with Crippen LogP contribution in [0.1, 0.15) is 14.9 Å². The summed E-state index contributed by atoms with van der Waals surface area (Å²) in [5, 5.41) is 16.5. The van der Waals surface area contributed by atoms with E-state index >= 15 is 0 Å². The van der Waals surface area contributed by atoms with Gasteiger partial charge >= 0.3 is 23.9 Å². The minimum Gasteiger partial charge on any atom is -0.554 e. The van der Waals surface area contributed by atoms with E-state index in [-0.39, 0.29) is 38.8 Å². The SMILES string of the molecule is C.C.O=C[O-].O=C[O-].[Sn+2]. The second kappa shape index (κ2) is 116. The molecular formula is C4H10O4Sn. The van der Waals surface area contributed by atoms with Gasteiger partial charge in [-0.15, -0.1) is 0 Å². The predicted octanol–water partition coefficient (Wildman–Crippen LogP) is -2.38. The first-order chi connectivity index (χ1) is 2.83. The van der Waals surface area contributed by atoms with Crippen LogP contribution in [0.25, 0.3) is 0 Å². The molecule has 0 aliphatic rings. The molecule has 0 aliphatic heterocycles. The van der Waals surface area contributed by atoms with Gasteiger partial charge < -0.3 is 19.8 Å². The molecular weight excluding hydrogens is 231 g/mol. The Morgan fingerprint density at radius 3 is 0.889 bits per heavy atom. The van der Waals surface area contributed by atoms with Crippen molar-refractivity contribution in [1.29, 1.82) is 0 Å². The summed E-state index contributed by atoms with van der Waals surface area (Å²) >= 11 is 0. The van der Waals surface area contributed by atoms with Gasteiger partial charge in [0.25, 0.3) is 0 Å². The van der Waals surface area contributed by atoms with Crippen LogP contribution >= 0.6 is 0 Å². The minimum absolute atomic E-state index is 0. The molecule has 0 spiro atoms. The van der Waals surface area contributed by atoms with Crippen molar-refractivity contribution in [2.24, 2.45) is 0 Å². The van der Waals surface area contributed by atoms with Crippen molar-refractivity contribution < 1.29 is 19.8 Å². The molecule has 0 fully saturated rings. The van der Waals surface area contributed by atoms with Crippen molar-refractivity contribution in [3.63, 3.8) is 0 Å². The fourth-order valence-electron chi connectivity index (χ4n) is 0. The Morgan fingerprint density at radius 1 is 0.889 bits per heavy atom. The van der Waals surface area contributed by atoms with Gasteiger partial charge in [-0.1, -0.05) is 14.9 Å². The Labute approximate surface area is 71.8 Å². The van der Waals surface area contributed by atoms with E-state index in [1.807, 2.05) is 0 Å². The van der Waals surface area contributed by atoms with Crippen LogP contribution in [0, 0.1) is 0 Å². The maximum atomic E-state index is 8.25. The first-order valence-electron chi connectivity index (χ1n) is 0.943. The zero-order valence-corrected chi connectivity index (χ0v) is 6.14. The molecule has 2 radical (unpaired) electrons. The summed E-state index contributed by atoms with van der Waals surface area (Å²) < 4.78 is 0. The Bertz CT molecular complexity index is 33.5. The van der Waals surface area contributed by atoms with E-state index in [1.54, 1.807) is 0 Å². The van der Waals surface area contributed by atoms with Gasteiger partial charge in [-0.2, -0.15) is 0 Å². The second-order valence-electron chi connectivity index (χ2n) is 0.192. The van der Waals surface area contributed by atoms with Crippen LogP contribution in [0.2, 0.25) is 0 Å². The number of carboxylic acid groups (broad SMARTS) is 2. The standard InChI is InChI=1S/2CH2O2.2CH4.Sn/c2*2-1-3;;;/h2*1H,(H,2,3);2*1H4;/q;;;;+2/p-2. The smallest absolute Gasteiger partial charge is 0.554 e. The zero-order valence-electron chi connectivity index (χ0n) is 3.29. The summed E-state index contributed by atoms with van der Waals surface area (Å²) in [6, 6.07) is 0. The third-order valence-electron chi connectivity index (χ3n) is 0. The molecule has 0 atom stereocenters. The molecule has 0 aromatic heterocycles. The van der Waals surface area contributed by atoms with Gasteiger partial charge in [0, 0.05) is 12.9 Å². The monoisotopic (exact) mass is 242 g/mol. The van der Waals surface area contributed by atoms with Crippen molar-refractivity contribution >= 4 is 36.9 Å². The molecule has 0 saturated carbocycles. The largest absolute Gasteiger partial charge is 2.00 e. The molecule has 0 N–H and O–H groups in total. The molecule has 54 valence electrons. The number of carbonyl (C=O) groups excluding carboxylic acids is 2. The first kappa shape index (κ1) is 37.4. The Balaban J connectivity index is -0.00000000889. The molecule has 5 heteroatoms. The molecule has 0 saturated heterocycles. The Hall–Kier alpha value is -0.261. The molecule has 4 nitrogen and oxygen atoms in total. The topological polar surface area (TPSA) is 80.3 Å². The third kappa shape index (κ3) is 3730. The van der Waals surface area contributed by atoms with Crippen molar-refractivity contribution in [2.75, 3.05) is 0 Å². The van der Waals surface area contributed by atoms with Crippen molar-refractivity contribution in [3.8, 4) is 0 Å². The molecule has 0 aromatic carbocycles. The van der Waals surface area contributed by atoms with Crippen LogP contribution in [0.15, 0.2) is 0 Å². The minimum atomic E-state index is -0.500. The maximum Gasteiger partial charge on any atom is 2.00 e. The average Bonchev–Trinajstić information content (AvgIpc) is 1.39. The van der Waals surface area contributed by atoms with Gasteiger partial charge in [-0.25, -0.2) is 0 Å². The summed E-state index contributed by atoms with van der Waals surface area (Å²) in [7, 11) is 0. The second-order valence-corrected chi connectivity index (χ2v) is 0.192. The molecule has 0 aromatic rings. The Kier molecular flexibility index (Phi) is 484. The van der Waals surface area contributed by atoms with E-state index in [2.05, 4.69) is 0 Å². The van der Waals surface area contributed by atoms with Crippen molar-refractivity contribution in [1.82, 2.24) is 0 Å². The number of rotatable bonds is 0. The van der Waals surface area contributed by atoms with Crippen LogP contribution in [0.5, 0.6) is 0 Å². The van der Waals surface area contributed by atoms with E-state index in [9.17, 15) is 0 Å². The summed E-state index contributed by atoms with van der Waals surface area (Å²) in [5.74, 6) is 0. The number of hydrogen-bond acceptors (Lipinski definition) is 4. The zero-order chi connectivity index (χ0) is 5.41. The molecule has 0 amide bonds. The fourth-order valence-corrected chi connectivity index (χ4v) is 0. The van der Waals surface area contributed by atoms with E-state index in [0.717, 1.165) is 0 Å². The average molecular weight is 241 g/mol. The van der Waals surface area contributed by atoms with Crippen LogP contribution in [0.4, 0.5) is 0 Å². The summed E-state index contributed by atoms with van der Waals surface area (Å²) in [4.78, 5) is 16.5. The van der Waals surface area contributed by atoms with Gasteiger partial charge in [0.2, 0.25) is 0 Å². The predicted molar refractivity (Wildman–Crippen MR) is 31.3 cm³/mol. The van der Waals surface area contributed by atoms with Crippen molar-refractivity contribution in [3.05, 3.63) is 0 Å². The van der Waals surface area contributed by atoms with E-state index in [1.165, 1.54) is 0 Å². The van der Waals surface area contributed by atoms with Crippen molar-refractivity contribution in [2.45, 2.75) is 14.9 Å². The van der Waals surface area contributed by atoms with Crippen LogP contribution in [-0.4, -0.2) is 36.9 Å². The van der Waals surface area contributed by atoms with Gasteiger partial charge in [-0.3, -0.25) is 0 Å². The summed E-state index contributed by atoms with van der Waals surface area (Å²) in [5.41, 5.74) is 0. The van der Waals surface area contributed by atoms with Gasteiger partial charge in [0.15, 0.2) is 0 Å². The van der Waals surface area contributed by atoms with Gasteiger partial charge in [-0.05, 0) is 0 Å². The Morgan fingerprint density at radius 2 is 0.889 bits per heavy atom. The molecule has 0 aliphatic carbocycles. The quantitative estimate of drug-likeness (QED) is 0.350. The molecule has 0 bridgehead atoms. The molecule has 0 rings (SSSR count).